The first-order chi connectivity index (χ1) is 15.4. The van der Waals surface area contributed by atoms with Crippen molar-refractivity contribution in [3.8, 4) is 0 Å². The molecule has 0 bridgehead atoms. The largest absolute Gasteiger partial charge is 0.480 e. The third kappa shape index (κ3) is 8.84. The lowest BCUT2D eigenvalue weighted by atomic mass is 10.1. The number of carbonyl (C=O) groups is 3. The summed E-state index contributed by atoms with van der Waals surface area (Å²) in [5, 5.41) is 29.9. The van der Waals surface area contributed by atoms with Crippen molar-refractivity contribution in [1.82, 2.24) is 16.2 Å². The Morgan fingerprint density at radius 3 is 1.53 bits per heavy atom. The summed E-state index contributed by atoms with van der Waals surface area (Å²) in [5.41, 5.74) is 6.99. The minimum atomic E-state index is -1.05. The molecule has 0 saturated carbocycles. The molecule has 32 heavy (non-hydrogen) atoms. The third-order valence-corrected chi connectivity index (χ3v) is 4.95. The second-order valence-corrected chi connectivity index (χ2v) is 7.44. The van der Waals surface area contributed by atoms with E-state index in [2.05, 4.69) is 16.2 Å². The Hall–Kier alpha value is -3.27. The Morgan fingerprint density at radius 2 is 1.25 bits per heavy atom. The summed E-state index contributed by atoms with van der Waals surface area (Å²) in [4.78, 5) is 32.9. The molecule has 172 valence electrons. The van der Waals surface area contributed by atoms with E-state index in [0.717, 1.165) is 30.5 Å². The van der Waals surface area contributed by atoms with Crippen molar-refractivity contribution in [1.29, 1.82) is 0 Å². The first-order valence-electron chi connectivity index (χ1n) is 10.4. The fourth-order valence-electron chi connectivity index (χ4n) is 3.20. The molecule has 1 aliphatic rings. The van der Waals surface area contributed by atoms with Crippen molar-refractivity contribution < 1.29 is 29.7 Å². The van der Waals surface area contributed by atoms with E-state index >= 15 is 0 Å². The van der Waals surface area contributed by atoms with Gasteiger partial charge in [0.2, 0.25) is 0 Å². The van der Waals surface area contributed by atoms with E-state index in [0.29, 0.717) is 0 Å². The SMILES string of the molecule is O=C(O)[C@@H]1CCCN1.O=C(O)[C@H](Cc1ccccc1)NN[C@@H](Cc1ccccc1)C(=O)O. The number of hydrogen-bond donors (Lipinski definition) is 6. The molecule has 3 atom stereocenters. The molecule has 0 unspecified atom stereocenters. The average molecular weight is 444 g/mol. The van der Waals surface area contributed by atoms with Crippen LogP contribution in [0.1, 0.15) is 24.0 Å². The molecule has 0 spiro atoms. The highest BCUT2D eigenvalue weighted by molar-refractivity contribution is 5.75. The Balaban J connectivity index is 0.000000380. The lowest BCUT2D eigenvalue weighted by Gasteiger charge is -2.20. The van der Waals surface area contributed by atoms with Gasteiger partial charge in [0.1, 0.15) is 18.1 Å². The number of hydrogen-bond acceptors (Lipinski definition) is 6. The van der Waals surface area contributed by atoms with Gasteiger partial charge in [0.25, 0.3) is 0 Å². The summed E-state index contributed by atoms with van der Waals surface area (Å²) >= 11 is 0. The Kier molecular flexibility index (Phi) is 10.3. The van der Waals surface area contributed by atoms with Crippen LogP contribution in [0.3, 0.4) is 0 Å². The van der Waals surface area contributed by atoms with Crippen molar-refractivity contribution in [3.05, 3.63) is 71.8 Å². The van der Waals surface area contributed by atoms with E-state index in [1.165, 1.54) is 0 Å². The molecule has 3 rings (SSSR count). The van der Waals surface area contributed by atoms with E-state index in [1.807, 2.05) is 60.7 Å². The maximum Gasteiger partial charge on any atom is 0.322 e. The van der Waals surface area contributed by atoms with Crippen LogP contribution in [0.25, 0.3) is 0 Å². The molecular weight excluding hydrogens is 414 g/mol. The number of nitrogens with one attached hydrogen (secondary N) is 3. The molecular formula is C23H29N3O6. The summed E-state index contributed by atoms with van der Waals surface area (Å²) in [5.74, 6) is -2.81. The Morgan fingerprint density at radius 1 is 0.812 bits per heavy atom. The van der Waals surface area contributed by atoms with Crippen molar-refractivity contribution in [3.63, 3.8) is 0 Å². The van der Waals surface area contributed by atoms with Gasteiger partial charge in [0.05, 0.1) is 0 Å². The summed E-state index contributed by atoms with van der Waals surface area (Å²) in [6.07, 6.45) is 2.29. The molecule has 2 aromatic carbocycles. The van der Waals surface area contributed by atoms with Gasteiger partial charge >= 0.3 is 17.9 Å². The van der Waals surface area contributed by atoms with Gasteiger partial charge < -0.3 is 20.6 Å². The van der Waals surface area contributed by atoms with Crippen LogP contribution < -0.4 is 16.2 Å². The number of carboxylic acids is 3. The van der Waals surface area contributed by atoms with Gasteiger partial charge in [0.15, 0.2) is 0 Å². The summed E-state index contributed by atoms with van der Waals surface area (Å²) in [7, 11) is 0. The molecule has 1 fully saturated rings. The van der Waals surface area contributed by atoms with Gasteiger partial charge in [-0.2, -0.15) is 0 Å². The monoisotopic (exact) mass is 443 g/mol. The highest BCUT2D eigenvalue weighted by Crippen LogP contribution is 2.06. The van der Waals surface area contributed by atoms with Crippen molar-refractivity contribution in [2.24, 2.45) is 0 Å². The second kappa shape index (κ2) is 13.2. The zero-order chi connectivity index (χ0) is 23.3. The molecule has 0 aliphatic carbocycles. The topological polar surface area (TPSA) is 148 Å². The van der Waals surface area contributed by atoms with Gasteiger partial charge in [-0.15, -0.1) is 0 Å². The summed E-state index contributed by atoms with van der Waals surface area (Å²) in [6, 6.07) is 16.2. The second-order valence-electron chi connectivity index (χ2n) is 7.44. The standard InChI is InChI=1S/C18H20N2O4.C5H9NO2/c21-17(22)15(11-13-7-3-1-4-8-13)19-20-16(18(23)24)12-14-9-5-2-6-10-14;7-5(8)4-2-1-3-6-4/h1-10,15-16,19-20H,11-12H2,(H,21,22)(H,23,24);4,6H,1-3H2,(H,7,8)/t15-,16-;4-/m00/s1. The fourth-order valence-corrected chi connectivity index (χ4v) is 3.20. The van der Waals surface area contributed by atoms with E-state index in [1.54, 1.807) is 0 Å². The zero-order valence-corrected chi connectivity index (χ0v) is 17.6. The molecule has 9 heteroatoms. The summed E-state index contributed by atoms with van der Waals surface area (Å²) < 4.78 is 0. The molecule has 0 amide bonds. The van der Waals surface area contributed by atoms with Crippen LogP contribution in [0.15, 0.2) is 60.7 Å². The number of carboxylic acid groups (broad SMARTS) is 3. The van der Waals surface area contributed by atoms with Gasteiger partial charge in [0, 0.05) is 0 Å². The molecule has 0 aromatic heterocycles. The lowest BCUT2D eigenvalue weighted by Crippen LogP contribution is -2.53. The molecule has 9 nitrogen and oxygen atoms in total. The van der Waals surface area contributed by atoms with Crippen LogP contribution in [0.2, 0.25) is 0 Å². The predicted octanol–water partition coefficient (Wildman–Crippen LogP) is 1.30. The van der Waals surface area contributed by atoms with Crippen LogP contribution in [0.5, 0.6) is 0 Å². The molecule has 1 saturated heterocycles. The maximum absolute atomic E-state index is 11.4. The number of aliphatic carboxylic acids is 3. The Labute approximate surface area is 186 Å². The summed E-state index contributed by atoms with van der Waals surface area (Å²) in [6.45, 7) is 0.858. The third-order valence-electron chi connectivity index (χ3n) is 4.95. The number of hydrazine groups is 1. The van der Waals surface area contributed by atoms with Gasteiger partial charge in [-0.1, -0.05) is 60.7 Å². The average Bonchev–Trinajstić information content (AvgIpc) is 3.32. The van der Waals surface area contributed by atoms with Gasteiger partial charge in [-0.05, 0) is 43.4 Å². The zero-order valence-electron chi connectivity index (χ0n) is 17.6. The van der Waals surface area contributed by atoms with Gasteiger partial charge in [-0.25, -0.2) is 10.9 Å². The van der Waals surface area contributed by atoms with Crippen molar-refractivity contribution in [2.45, 2.75) is 43.8 Å². The quantitative estimate of drug-likeness (QED) is 0.299. The first kappa shape index (κ1) is 25.0. The Bertz CT molecular complexity index is 797. The maximum atomic E-state index is 11.4. The normalized spacial score (nSPS) is 16.9. The van der Waals surface area contributed by atoms with Crippen LogP contribution in [0, 0.1) is 0 Å². The minimum Gasteiger partial charge on any atom is -0.480 e. The molecule has 1 aliphatic heterocycles. The molecule has 2 aromatic rings. The van der Waals surface area contributed by atoms with Crippen LogP contribution in [-0.4, -0.2) is 57.9 Å². The fraction of sp³-hybridized carbons (Fsp3) is 0.348. The van der Waals surface area contributed by atoms with E-state index < -0.39 is 30.0 Å². The van der Waals surface area contributed by atoms with E-state index in [9.17, 15) is 24.6 Å². The van der Waals surface area contributed by atoms with E-state index in [-0.39, 0.29) is 18.9 Å². The predicted molar refractivity (Wildman–Crippen MR) is 118 cm³/mol. The number of rotatable bonds is 10. The van der Waals surface area contributed by atoms with E-state index in [4.69, 9.17) is 5.11 Å². The molecule has 1 heterocycles. The molecule has 6 N–H and O–H groups in total. The van der Waals surface area contributed by atoms with Crippen LogP contribution >= 0.6 is 0 Å². The lowest BCUT2D eigenvalue weighted by molar-refractivity contribution is -0.143. The highest BCUT2D eigenvalue weighted by atomic mass is 16.4. The van der Waals surface area contributed by atoms with Crippen LogP contribution in [0.4, 0.5) is 0 Å². The van der Waals surface area contributed by atoms with Crippen molar-refractivity contribution >= 4 is 17.9 Å². The highest BCUT2D eigenvalue weighted by Gasteiger charge is 2.23. The van der Waals surface area contributed by atoms with Crippen LogP contribution in [-0.2, 0) is 27.2 Å². The number of benzene rings is 2. The smallest absolute Gasteiger partial charge is 0.322 e. The first-order valence-corrected chi connectivity index (χ1v) is 10.4. The van der Waals surface area contributed by atoms with Gasteiger partial charge in [-0.3, -0.25) is 14.4 Å². The molecule has 0 radical (unpaired) electrons. The minimum absolute atomic E-state index is 0.251. The van der Waals surface area contributed by atoms with Crippen molar-refractivity contribution in [2.75, 3.05) is 6.54 Å².